The zero-order chi connectivity index (χ0) is 19.6. The van der Waals surface area contributed by atoms with E-state index in [-0.39, 0.29) is 5.91 Å². The van der Waals surface area contributed by atoms with Gasteiger partial charge in [-0.15, -0.1) is 11.3 Å². The van der Waals surface area contributed by atoms with Crippen molar-refractivity contribution < 1.29 is 18.8 Å². The van der Waals surface area contributed by atoms with Crippen molar-refractivity contribution in [2.24, 2.45) is 5.73 Å². The molecule has 1 fully saturated rings. The minimum absolute atomic E-state index is 0.251. The first kappa shape index (κ1) is 19.7. The van der Waals surface area contributed by atoms with Crippen LogP contribution in [0.5, 0.6) is 0 Å². The predicted molar refractivity (Wildman–Crippen MR) is 103 cm³/mol. The van der Waals surface area contributed by atoms with Gasteiger partial charge in [0, 0.05) is 19.6 Å². The molecule has 146 valence electrons. The number of esters is 1. The number of rotatable bonds is 6. The number of fused-ring (bicyclic) bond motifs is 1. The molecule has 27 heavy (non-hydrogen) atoms. The number of primary amides is 1. The minimum Gasteiger partial charge on any atom is -0.464 e. The summed E-state index contributed by atoms with van der Waals surface area (Å²) in [6, 6.07) is 1.95. The predicted octanol–water partition coefficient (Wildman–Crippen LogP) is 0.924. The number of likely N-dealkylation sites (N-methyl/N-ethyl adjacent to an activating group) is 1. The first-order valence-electron chi connectivity index (χ1n) is 9.07. The van der Waals surface area contributed by atoms with Crippen molar-refractivity contribution in [1.82, 2.24) is 14.9 Å². The summed E-state index contributed by atoms with van der Waals surface area (Å²) in [4.78, 5) is 34.9. The summed E-state index contributed by atoms with van der Waals surface area (Å²) in [5, 5.41) is 0.892. The van der Waals surface area contributed by atoms with Crippen LogP contribution in [0.2, 0.25) is 0 Å². The highest BCUT2D eigenvalue weighted by Crippen LogP contribution is 2.26. The van der Waals surface area contributed by atoms with Crippen LogP contribution in [0.4, 0.5) is 0 Å². The van der Waals surface area contributed by atoms with Crippen molar-refractivity contribution >= 4 is 33.4 Å². The maximum Gasteiger partial charge on any atom is 0.358 e. The van der Waals surface area contributed by atoms with Crippen molar-refractivity contribution in [2.45, 2.75) is 20.4 Å². The van der Waals surface area contributed by atoms with E-state index in [1.807, 2.05) is 13.0 Å². The molecule has 1 aliphatic rings. The third-order valence-corrected chi connectivity index (χ3v) is 6.23. The molecule has 0 radical (unpaired) electrons. The highest BCUT2D eigenvalue weighted by Gasteiger charge is 2.33. The zero-order valence-electron chi connectivity index (χ0n) is 16.0. The Morgan fingerprint density at radius 3 is 2.63 bits per heavy atom. The molecule has 8 nitrogen and oxygen atoms in total. The van der Waals surface area contributed by atoms with Crippen LogP contribution in [-0.2, 0) is 16.1 Å². The molecule has 1 amide bonds. The van der Waals surface area contributed by atoms with E-state index < -0.39 is 5.97 Å². The second kappa shape index (κ2) is 7.87. The molecule has 0 spiro atoms. The third kappa shape index (κ3) is 4.26. The lowest BCUT2D eigenvalue weighted by molar-refractivity contribution is -0.923. The average Bonchev–Trinajstić information content (AvgIpc) is 3.01. The van der Waals surface area contributed by atoms with Gasteiger partial charge in [-0.2, -0.15) is 0 Å². The largest absolute Gasteiger partial charge is 0.464 e. The summed E-state index contributed by atoms with van der Waals surface area (Å²) in [6.07, 6.45) is 0. The lowest BCUT2D eigenvalue weighted by Crippen LogP contribution is -2.61. The Kier molecular flexibility index (Phi) is 5.73. The summed E-state index contributed by atoms with van der Waals surface area (Å²) in [5.74, 6) is -0.689. The molecule has 0 aromatic carbocycles. The Hall–Kier alpha value is -2.10. The summed E-state index contributed by atoms with van der Waals surface area (Å²) >= 11 is 1.45. The number of piperazine rings is 1. The van der Waals surface area contributed by atoms with Crippen LogP contribution in [0.1, 0.15) is 28.1 Å². The van der Waals surface area contributed by atoms with Gasteiger partial charge in [0.05, 0.1) is 47.7 Å². The molecule has 0 aliphatic carbocycles. The van der Waals surface area contributed by atoms with Gasteiger partial charge in [0.1, 0.15) is 0 Å². The van der Waals surface area contributed by atoms with Gasteiger partial charge in [-0.1, -0.05) is 0 Å². The number of aromatic nitrogens is 2. The van der Waals surface area contributed by atoms with Gasteiger partial charge in [-0.25, -0.2) is 14.8 Å². The quantitative estimate of drug-likeness (QED) is 0.580. The summed E-state index contributed by atoms with van der Waals surface area (Å²) in [6.45, 7) is 9.39. The third-order valence-electron chi connectivity index (χ3n) is 5.24. The van der Waals surface area contributed by atoms with Crippen LogP contribution in [0.25, 0.3) is 10.2 Å². The molecule has 0 atom stereocenters. The number of nitrogens with two attached hydrogens (primary N) is 1. The van der Waals surface area contributed by atoms with Crippen LogP contribution in [0, 0.1) is 6.92 Å². The van der Waals surface area contributed by atoms with E-state index in [9.17, 15) is 9.59 Å². The molecule has 1 saturated heterocycles. The molecular formula is C18H26N5O3S+. The maximum absolute atomic E-state index is 12.1. The van der Waals surface area contributed by atoms with Gasteiger partial charge >= 0.3 is 5.97 Å². The number of quaternary nitrogens is 1. The van der Waals surface area contributed by atoms with Gasteiger partial charge in [0.15, 0.2) is 12.2 Å². The smallest absolute Gasteiger partial charge is 0.358 e. The molecular weight excluding hydrogens is 366 g/mol. The molecule has 0 saturated carbocycles. The summed E-state index contributed by atoms with van der Waals surface area (Å²) in [7, 11) is 1.36. The molecule has 2 N–H and O–H groups in total. The van der Waals surface area contributed by atoms with Crippen LogP contribution in [0.15, 0.2) is 6.07 Å². The maximum atomic E-state index is 12.1. The molecule has 1 aliphatic heterocycles. The second-order valence-corrected chi connectivity index (χ2v) is 8.24. The van der Waals surface area contributed by atoms with Gasteiger partial charge in [-0.05, 0) is 19.9 Å². The highest BCUT2D eigenvalue weighted by atomic mass is 32.1. The van der Waals surface area contributed by atoms with Gasteiger partial charge in [-0.3, -0.25) is 9.69 Å². The second-order valence-electron chi connectivity index (χ2n) is 7.04. The van der Waals surface area contributed by atoms with Crippen LogP contribution in [-0.4, -0.2) is 77.6 Å². The lowest BCUT2D eigenvalue weighted by Gasteiger charge is -2.43. The Morgan fingerprint density at radius 2 is 2.04 bits per heavy atom. The van der Waals surface area contributed by atoms with Gasteiger partial charge in [0.2, 0.25) is 0 Å². The highest BCUT2D eigenvalue weighted by molar-refractivity contribution is 7.18. The number of hydrogen-bond acceptors (Lipinski definition) is 7. The molecule has 0 unspecified atom stereocenters. The Labute approximate surface area is 162 Å². The lowest BCUT2D eigenvalue weighted by atomic mass is 10.2. The summed E-state index contributed by atoms with van der Waals surface area (Å²) < 4.78 is 6.40. The van der Waals surface area contributed by atoms with E-state index >= 15 is 0 Å². The van der Waals surface area contributed by atoms with Gasteiger partial charge in [0.25, 0.3) is 5.91 Å². The molecule has 2 aromatic heterocycles. The van der Waals surface area contributed by atoms with E-state index in [0.717, 1.165) is 58.1 Å². The molecule has 0 bridgehead atoms. The average molecular weight is 393 g/mol. The number of pyridine rings is 1. The minimum atomic E-state index is -0.438. The fourth-order valence-electron chi connectivity index (χ4n) is 3.65. The normalized spacial score (nSPS) is 17.1. The van der Waals surface area contributed by atoms with Crippen molar-refractivity contribution in [2.75, 3.05) is 46.4 Å². The standard InChI is InChI=1S/C18H25N5O3S/c1-4-23(11-15(19)24)7-5-22(6-8-23)10-13-9-14-17(27-12(2)20-14)16(21-13)18(25)26-3/h9H,4-8,10-11H2,1-3H3,(H-,19,24)/p+1. The SMILES string of the molecule is CC[N+]1(CC(N)=O)CCN(Cc2cc3nc(C)sc3c(C(=O)OC)n2)CC1. The monoisotopic (exact) mass is 392 g/mol. The number of carbonyl (C=O) groups excluding carboxylic acids is 2. The Balaban J connectivity index is 1.77. The molecule has 9 heteroatoms. The van der Waals surface area contributed by atoms with Crippen LogP contribution in [0.3, 0.4) is 0 Å². The first-order valence-corrected chi connectivity index (χ1v) is 9.88. The van der Waals surface area contributed by atoms with E-state index in [0.29, 0.717) is 18.8 Å². The number of nitrogens with zero attached hydrogens (tertiary/aromatic N) is 4. The number of methoxy groups -OCH3 is 1. The fourth-order valence-corrected chi connectivity index (χ4v) is 4.52. The van der Waals surface area contributed by atoms with Crippen molar-refractivity contribution in [3.8, 4) is 0 Å². The molecule has 3 heterocycles. The Bertz CT molecular complexity index is 858. The topological polar surface area (TPSA) is 98.4 Å². The van der Waals surface area contributed by atoms with Crippen LogP contribution >= 0.6 is 11.3 Å². The zero-order valence-corrected chi connectivity index (χ0v) is 16.8. The Morgan fingerprint density at radius 1 is 1.33 bits per heavy atom. The number of carbonyl (C=O) groups is 2. The van der Waals surface area contributed by atoms with Crippen molar-refractivity contribution in [1.29, 1.82) is 0 Å². The number of thiazole rings is 1. The molecule has 2 aromatic rings. The summed E-state index contributed by atoms with van der Waals surface area (Å²) in [5.41, 5.74) is 7.35. The van der Waals surface area contributed by atoms with E-state index in [1.54, 1.807) is 0 Å². The van der Waals surface area contributed by atoms with E-state index in [1.165, 1.54) is 18.4 Å². The van der Waals surface area contributed by atoms with Crippen LogP contribution < -0.4 is 5.73 Å². The molecule has 3 rings (SSSR count). The van der Waals surface area contributed by atoms with Gasteiger partial charge < -0.3 is 15.0 Å². The number of hydrogen-bond donors (Lipinski definition) is 1. The number of aryl methyl sites for hydroxylation is 1. The number of amides is 1. The van der Waals surface area contributed by atoms with Crippen molar-refractivity contribution in [3.63, 3.8) is 0 Å². The fraction of sp³-hybridized carbons (Fsp3) is 0.556. The van der Waals surface area contributed by atoms with E-state index in [2.05, 4.69) is 21.8 Å². The first-order chi connectivity index (χ1) is 12.9. The van der Waals surface area contributed by atoms with E-state index in [4.69, 9.17) is 10.5 Å². The number of ether oxygens (including phenoxy) is 1. The van der Waals surface area contributed by atoms with Crippen molar-refractivity contribution in [3.05, 3.63) is 22.5 Å².